The smallest absolute Gasteiger partial charge is 0.207 e. The van der Waals surface area contributed by atoms with E-state index in [2.05, 4.69) is 14.9 Å². The van der Waals surface area contributed by atoms with E-state index < -0.39 is 10.0 Å². The molecule has 0 saturated carbocycles. The maximum atomic E-state index is 12.1. The van der Waals surface area contributed by atoms with E-state index >= 15 is 0 Å². The van der Waals surface area contributed by atoms with Crippen molar-refractivity contribution in [2.75, 3.05) is 0 Å². The fourth-order valence-electron chi connectivity index (χ4n) is 1.43. The molecule has 6 nitrogen and oxygen atoms in total. The summed E-state index contributed by atoms with van der Waals surface area (Å²) >= 11 is 5.82. The van der Waals surface area contributed by atoms with Gasteiger partial charge in [-0.3, -0.25) is 0 Å². The molecule has 1 N–H and O–H groups in total. The largest absolute Gasteiger partial charge is 0.240 e. The van der Waals surface area contributed by atoms with Crippen molar-refractivity contribution < 1.29 is 8.42 Å². The van der Waals surface area contributed by atoms with Crippen LogP contribution in [0.15, 0.2) is 41.4 Å². The van der Waals surface area contributed by atoms with Crippen LogP contribution < -0.4 is 4.72 Å². The fraction of sp³-hybridized carbons (Fsp3) is 0.0833. The Hall–Kier alpha value is -2.01. The van der Waals surface area contributed by atoms with Crippen LogP contribution in [0.4, 0.5) is 0 Å². The third-order valence-corrected chi connectivity index (χ3v) is 4.15. The van der Waals surface area contributed by atoms with E-state index in [0.717, 1.165) is 0 Å². The fourth-order valence-corrected chi connectivity index (χ4v) is 2.75. The Balaban J connectivity index is 2.19. The number of benzene rings is 1. The lowest BCUT2D eigenvalue weighted by atomic mass is 10.2. The number of nitrogens with one attached hydrogen (secondary N) is 1. The molecule has 0 radical (unpaired) electrons. The van der Waals surface area contributed by atoms with E-state index in [4.69, 9.17) is 16.9 Å². The molecule has 2 aromatic rings. The van der Waals surface area contributed by atoms with Gasteiger partial charge in [-0.05, 0) is 30.3 Å². The molecule has 0 aliphatic rings. The molecular weight excluding hydrogens is 300 g/mol. The first kappa shape index (κ1) is 14.4. The molecule has 102 valence electrons. The van der Waals surface area contributed by atoms with Gasteiger partial charge in [0.15, 0.2) is 0 Å². The normalized spacial score (nSPS) is 11.0. The zero-order valence-corrected chi connectivity index (χ0v) is 11.7. The molecule has 0 unspecified atom stereocenters. The highest BCUT2D eigenvalue weighted by Crippen LogP contribution is 2.20. The molecular formula is C12H9ClN4O2S. The summed E-state index contributed by atoms with van der Waals surface area (Å²) < 4.78 is 26.5. The highest BCUT2D eigenvalue weighted by molar-refractivity contribution is 7.89. The number of nitrogens with zero attached hydrogens (tertiary/aromatic N) is 3. The molecule has 0 saturated heterocycles. The predicted molar refractivity (Wildman–Crippen MR) is 72.2 cm³/mol. The molecule has 8 heteroatoms. The maximum absolute atomic E-state index is 12.1. The molecule has 1 aromatic heterocycles. The van der Waals surface area contributed by atoms with Gasteiger partial charge in [0.1, 0.15) is 6.07 Å². The first-order valence-corrected chi connectivity index (χ1v) is 7.35. The zero-order chi connectivity index (χ0) is 14.6. The Labute approximate surface area is 121 Å². The first-order valence-electron chi connectivity index (χ1n) is 5.49. The van der Waals surface area contributed by atoms with Crippen molar-refractivity contribution in [2.45, 2.75) is 11.4 Å². The minimum absolute atomic E-state index is 0.00890. The number of halogens is 1. The van der Waals surface area contributed by atoms with Crippen molar-refractivity contribution >= 4 is 21.6 Å². The molecule has 0 bridgehead atoms. The summed E-state index contributed by atoms with van der Waals surface area (Å²) in [5.41, 5.74) is 0.718. The molecule has 0 fully saturated rings. The summed E-state index contributed by atoms with van der Waals surface area (Å²) in [6, 6.07) is 9.10. The topological polar surface area (TPSA) is 95.7 Å². The monoisotopic (exact) mass is 308 g/mol. The Morgan fingerprint density at radius 2 is 2.15 bits per heavy atom. The first-order chi connectivity index (χ1) is 9.53. The van der Waals surface area contributed by atoms with Gasteiger partial charge in [0.2, 0.25) is 10.0 Å². The van der Waals surface area contributed by atoms with E-state index in [1.165, 1.54) is 24.4 Å². The summed E-state index contributed by atoms with van der Waals surface area (Å²) in [4.78, 5) is -0.00890. The summed E-state index contributed by atoms with van der Waals surface area (Å²) in [7, 11) is -3.72. The van der Waals surface area contributed by atoms with Gasteiger partial charge in [0.25, 0.3) is 0 Å². The number of sulfonamides is 1. The van der Waals surface area contributed by atoms with Crippen molar-refractivity contribution in [1.29, 1.82) is 5.26 Å². The summed E-state index contributed by atoms with van der Waals surface area (Å²) in [6.45, 7) is 0.0216. The zero-order valence-electron chi connectivity index (χ0n) is 10.1. The van der Waals surface area contributed by atoms with Crippen molar-refractivity contribution in [2.24, 2.45) is 0 Å². The van der Waals surface area contributed by atoms with Crippen LogP contribution in [-0.2, 0) is 16.6 Å². The summed E-state index contributed by atoms with van der Waals surface area (Å²) in [6.07, 6.45) is 1.50. The van der Waals surface area contributed by atoms with Crippen molar-refractivity contribution in [3.63, 3.8) is 0 Å². The van der Waals surface area contributed by atoms with Crippen LogP contribution in [0, 0.1) is 11.3 Å². The standard InChI is InChI=1S/C12H9ClN4O2S/c13-12-6-11(4-3-9(12)7-14)20(18,19)16-8-10-2-1-5-15-17-10/h1-6,16H,8H2. The molecule has 2 rings (SSSR count). The molecule has 0 aliphatic heterocycles. The van der Waals surface area contributed by atoms with E-state index in [9.17, 15) is 8.42 Å². The van der Waals surface area contributed by atoms with Crippen LogP contribution in [0.25, 0.3) is 0 Å². The van der Waals surface area contributed by atoms with Gasteiger partial charge in [-0.1, -0.05) is 11.6 Å². The van der Waals surface area contributed by atoms with Crippen LogP contribution >= 0.6 is 11.6 Å². The van der Waals surface area contributed by atoms with Crippen LogP contribution in [0.5, 0.6) is 0 Å². The second-order valence-electron chi connectivity index (χ2n) is 3.79. The van der Waals surface area contributed by atoms with Gasteiger partial charge in [0, 0.05) is 6.20 Å². The predicted octanol–water partition coefficient (Wildman–Crippen LogP) is 1.48. The molecule has 20 heavy (non-hydrogen) atoms. The van der Waals surface area contributed by atoms with Gasteiger partial charge in [-0.15, -0.1) is 0 Å². The molecule has 0 spiro atoms. The van der Waals surface area contributed by atoms with Crippen molar-refractivity contribution in [3.8, 4) is 6.07 Å². The molecule has 1 aromatic carbocycles. The average Bonchev–Trinajstić information content (AvgIpc) is 2.46. The quantitative estimate of drug-likeness (QED) is 0.923. The average molecular weight is 309 g/mol. The number of hydrogen-bond acceptors (Lipinski definition) is 5. The number of nitriles is 1. The van der Waals surface area contributed by atoms with Gasteiger partial charge in [0.05, 0.1) is 27.7 Å². The Morgan fingerprint density at radius 3 is 2.75 bits per heavy atom. The van der Waals surface area contributed by atoms with Crippen molar-refractivity contribution in [3.05, 3.63) is 52.8 Å². The molecule has 0 aliphatic carbocycles. The molecule has 0 atom stereocenters. The molecule has 1 heterocycles. The number of hydrogen-bond donors (Lipinski definition) is 1. The van der Waals surface area contributed by atoms with Gasteiger partial charge < -0.3 is 0 Å². The van der Waals surface area contributed by atoms with Gasteiger partial charge in [-0.25, -0.2) is 13.1 Å². The van der Waals surface area contributed by atoms with E-state index in [0.29, 0.717) is 5.69 Å². The van der Waals surface area contributed by atoms with E-state index in [1.807, 2.05) is 6.07 Å². The van der Waals surface area contributed by atoms with Gasteiger partial charge >= 0.3 is 0 Å². The summed E-state index contributed by atoms with van der Waals surface area (Å²) in [5.74, 6) is 0. The second-order valence-corrected chi connectivity index (χ2v) is 5.97. The maximum Gasteiger partial charge on any atom is 0.240 e. The Bertz CT molecular complexity index is 757. The van der Waals surface area contributed by atoms with Crippen molar-refractivity contribution in [1.82, 2.24) is 14.9 Å². The SMILES string of the molecule is N#Cc1ccc(S(=O)(=O)NCc2cccnn2)cc1Cl. The lowest BCUT2D eigenvalue weighted by Gasteiger charge is -2.06. The number of aromatic nitrogens is 2. The van der Waals surface area contributed by atoms with Gasteiger partial charge in [-0.2, -0.15) is 15.5 Å². The van der Waals surface area contributed by atoms with Crippen LogP contribution in [0.3, 0.4) is 0 Å². The van der Waals surface area contributed by atoms with E-state index in [-0.39, 0.29) is 22.0 Å². The van der Waals surface area contributed by atoms with Crippen LogP contribution in [0.1, 0.15) is 11.3 Å². The minimum Gasteiger partial charge on any atom is -0.207 e. The lowest BCUT2D eigenvalue weighted by molar-refractivity contribution is 0.580. The minimum atomic E-state index is -3.72. The van der Waals surface area contributed by atoms with Crippen LogP contribution in [0.2, 0.25) is 5.02 Å². The van der Waals surface area contributed by atoms with Crippen LogP contribution in [-0.4, -0.2) is 18.6 Å². The Morgan fingerprint density at radius 1 is 1.35 bits per heavy atom. The third kappa shape index (κ3) is 3.30. The van der Waals surface area contributed by atoms with E-state index in [1.54, 1.807) is 12.1 Å². The summed E-state index contributed by atoms with van der Waals surface area (Å²) in [5, 5.41) is 16.3. The lowest BCUT2D eigenvalue weighted by Crippen LogP contribution is -2.23. The Kier molecular flexibility index (Phi) is 4.29. The highest BCUT2D eigenvalue weighted by atomic mass is 35.5. The molecule has 0 amide bonds. The third-order valence-electron chi connectivity index (χ3n) is 2.44. The second kappa shape index (κ2) is 5.96. The number of rotatable bonds is 4. The highest BCUT2D eigenvalue weighted by Gasteiger charge is 2.15.